The predicted molar refractivity (Wildman–Crippen MR) is 69.7 cm³/mol. The molecule has 1 aromatic rings. The molecule has 0 bridgehead atoms. The summed E-state index contributed by atoms with van der Waals surface area (Å²) in [6.07, 6.45) is 2.64. The minimum Gasteiger partial charge on any atom is -0.392 e. The zero-order valence-electron chi connectivity index (χ0n) is 10.3. The van der Waals surface area contributed by atoms with E-state index in [0.717, 1.165) is 31.1 Å². The molecule has 0 aromatic heterocycles. The monoisotopic (exact) mass is 234 g/mol. The Balaban J connectivity index is 1.69. The maximum Gasteiger partial charge on any atom is 0.0681 e. The van der Waals surface area contributed by atoms with E-state index in [4.69, 9.17) is 5.11 Å². The van der Waals surface area contributed by atoms with Gasteiger partial charge >= 0.3 is 0 Å². The first-order valence-corrected chi connectivity index (χ1v) is 6.48. The van der Waals surface area contributed by atoms with Crippen molar-refractivity contribution in [1.82, 2.24) is 10.6 Å². The Labute approximate surface area is 103 Å². The van der Waals surface area contributed by atoms with Crippen LogP contribution >= 0.6 is 0 Å². The molecule has 1 fully saturated rings. The van der Waals surface area contributed by atoms with Gasteiger partial charge in [-0.2, -0.15) is 0 Å². The lowest BCUT2D eigenvalue weighted by molar-refractivity contribution is 0.282. The van der Waals surface area contributed by atoms with Gasteiger partial charge in [0.1, 0.15) is 0 Å². The number of aliphatic hydroxyl groups is 1. The molecule has 0 amide bonds. The molecule has 2 rings (SSSR count). The number of piperidine rings is 1. The molecule has 1 unspecified atom stereocenters. The van der Waals surface area contributed by atoms with Gasteiger partial charge in [-0.05, 0) is 49.5 Å². The first-order chi connectivity index (χ1) is 8.38. The third-order valence-corrected chi connectivity index (χ3v) is 3.37. The Morgan fingerprint density at radius 2 is 2.00 bits per heavy atom. The fourth-order valence-electron chi connectivity index (χ4n) is 2.28. The lowest BCUT2D eigenvalue weighted by Gasteiger charge is -2.23. The third kappa shape index (κ3) is 4.11. The summed E-state index contributed by atoms with van der Waals surface area (Å²) in [5.41, 5.74) is 2.26. The lowest BCUT2D eigenvalue weighted by Crippen LogP contribution is -2.35. The largest absolute Gasteiger partial charge is 0.392 e. The van der Waals surface area contributed by atoms with Crippen LogP contribution in [0.15, 0.2) is 24.3 Å². The van der Waals surface area contributed by atoms with Crippen molar-refractivity contribution in [2.45, 2.75) is 26.0 Å². The van der Waals surface area contributed by atoms with E-state index in [1.165, 1.54) is 24.9 Å². The minimum atomic E-state index is 0.126. The van der Waals surface area contributed by atoms with Crippen molar-refractivity contribution in [3.05, 3.63) is 35.4 Å². The summed E-state index contributed by atoms with van der Waals surface area (Å²) in [6.45, 7) is 4.47. The van der Waals surface area contributed by atoms with Crippen molar-refractivity contribution < 1.29 is 5.11 Å². The van der Waals surface area contributed by atoms with Gasteiger partial charge in [0, 0.05) is 6.54 Å². The summed E-state index contributed by atoms with van der Waals surface area (Å²) in [4.78, 5) is 0. The van der Waals surface area contributed by atoms with E-state index < -0.39 is 0 Å². The fraction of sp³-hybridized carbons (Fsp3) is 0.571. The second kappa shape index (κ2) is 6.74. The molecular weight excluding hydrogens is 212 g/mol. The van der Waals surface area contributed by atoms with E-state index in [1.54, 1.807) is 0 Å². The van der Waals surface area contributed by atoms with Gasteiger partial charge in [0.25, 0.3) is 0 Å². The van der Waals surface area contributed by atoms with Crippen LogP contribution in [0.2, 0.25) is 0 Å². The fourth-order valence-corrected chi connectivity index (χ4v) is 2.28. The molecule has 1 atom stereocenters. The molecule has 3 N–H and O–H groups in total. The maximum atomic E-state index is 8.95. The van der Waals surface area contributed by atoms with E-state index in [9.17, 15) is 0 Å². The van der Waals surface area contributed by atoms with Gasteiger partial charge in [-0.25, -0.2) is 0 Å². The summed E-state index contributed by atoms with van der Waals surface area (Å²) in [5.74, 6) is 0.778. The van der Waals surface area contributed by atoms with Crippen LogP contribution in [-0.2, 0) is 13.2 Å². The van der Waals surface area contributed by atoms with Gasteiger partial charge in [-0.3, -0.25) is 0 Å². The summed E-state index contributed by atoms with van der Waals surface area (Å²) in [7, 11) is 0. The van der Waals surface area contributed by atoms with Crippen LogP contribution in [0.25, 0.3) is 0 Å². The molecule has 1 aliphatic heterocycles. The smallest absolute Gasteiger partial charge is 0.0681 e. The van der Waals surface area contributed by atoms with Gasteiger partial charge < -0.3 is 15.7 Å². The summed E-state index contributed by atoms with van der Waals surface area (Å²) in [6, 6.07) is 8.13. The molecule has 3 heteroatoms. The number of hydrogen-bond acceptors (Lipinski definition) is 3. The Morgan fingerprint density at radius 1 is 1.24 bits per heavy atom. The van der Waals surface area contributed by atoms with Gasteiger partial charge in [0.05, 0.1) is 6.61 Å². The highest BCUT2D eigenvalue weighted by Gasteiger charge is 2.11. The van der Waals surface area contributed by atoms with Crippen molar-refractivity contribution >= 4 is 0 Å². The average Bonchev–Trinajstić information content (AvgIpc) is 2.41. The quantitative estimate of drug-likeness (QED) is 0.719. The standard InChI is InChI=1S/C14H22N2O/c17-11-13-5-3-12(4-6-13)8-16-10-14-2-1-7-15-9-14/h3-6,14-17H,1-2,7-11H2. The molecule has 17 heavy (non-hydrogen) atoms. The summed E-state index contributed by atoms with van der Waals surface area (Å²) < 4.78 is 0. The zero-order valence-corrected chi connectivity index (χ0v) is 10.3. The van der Waals surface area contributed by atoms with E-state index in [0.29, 0.717) is 0 Å². The lowest BCUT2D eigenvalue weighted by atomic mass is 10.00. The van der Waals surface area contributed by atoms with Crippen LogP contribution in [-0.4, -0.2) is 24.7 Å². The second-order valence-corrected chi connectivity index (χ2v) is 4.82. The average molecular weight is 234 g/mol. The van der Waals surface area contributed by atoms with E-state index in [1.807, 2.05) is 12.1 Å². The first-order valence-electron chi connectivity index (χ1n) is 6.48. The van der Waals surface area contributed by atoms with Crippen LogP contribution in [0.5, 0.6) is 0 Å². The maximum absolute atomic E-state index is 8.95. The van der Waals surface area contributed by atoms with E-state index in [2.05, 4.69) is 22.8 Å². The molecule has 1 saturated heterocycles. The number of hydrogen-bond donors (Lipinski definition) is 3. The van der Waals surface area contributed by atoms with Crippen LogP contribution in [0.1, 0.15) is 24.0 Å². The minimum absolute atomic E-state index is 0.126. The highest BCUT2D eigenvalue weighted by atomic mass is 16.3. The molecule has 0 radical (unpaired) electrons. The topological polar surface area (TPSA) is 44.3 Å². The zero-order chi connectivity index (χ0) is 11.9. The molecule has 94 valence electrons. The Kier molecular flexibility index (Phi) is 4.98. The number of benzene rings is 1. The molecule has 0 saturated carbocycles. The molecule has 1 aliphatic rings. The second-order valence-electron chi connectivity index (χ2n) is 4.82. The molecule has 0 aliphatic carbocycles. The predicted octanol–water partition coefficient (Wildman–Crippen LogP) is 1.27. The Hall–Kier alpha value is -0.900. The van der Waals surface area contributed by atoms with Crippen LogP contribution < -0.4 is 10.6 Å². The van der Waals surface area contributed by atoms with E-state index in [-0.39, 0.29) is 6.61 Å². The number of nitrogens with one attached hydrogen (secondary N) is 2. The van der Waals surface area contributed by atoms with Crippen LogP contribution in [0.3, 0.4) is 0 Å². The Morgan fingerprint density at radius 3 is 2.65 bits per heavy atom. The van der Waals surface area contributed by atoms with Gasteiger partial charge in [-0.15, -0.1) is 0 Å². The SMILES string of the molecule is OCc1ccc(CNCC2CCCNC2)cc1. The van der Waals surface area contributed by atoms with Gasteiger partial charge in [0.2, 0.25) is 0 Å². The van der Waals surface area contributed by atoms with Crippen molar-refractivity contribution in [2.75, 3.05) is 19.6 Å². The summed E-state index contributed by atoms with van der Waals surface area (Å²) in [5, 5.41) is 15.9. The Bertz CT molecular complexity index is 317. The third-order valence-electron chi connectivity index (χ3n) is 3.37. The number of aliphatic hydroxyl groups excluding tert-OH is 1. The normalized spacial score (nSPS) is 20.4. The molecule has 0 spiro atoms. The van der Waals surface area contributed by atoms with Crippen molar-refractivity contribution in [2.24, 2.45) is 5.92 Å². The van der Waals surface area contributed by atoms with Crippen LogP contribution in [0, 0.1) is 5.92 Å². The summed E-state index contributed by atoms with van der Waals surface area (Å²) >= 11 is 0. The highest BCUT2D eigenvalue weighted by Crippen LogP contribution is 2.09. The molecule has 3 nitrogen and oxygen atoms in total. The van der Waals surface area contributed by atoms with E-state index >= 15 is 0 Å². The van der Waals surface area contributed by atoms with Crippen molar-refractivity contribution in [3.63, 3.8) is 0 Å². The van der Waals surface area contributed by atoms with Crippen molar-refractivity contribution in [1.29, 1.82) is 0 Å². The van der Waals surface area contributed by atoms with Crippen molar-refractivity contribution in [3.8, 4) is 0 Å². The number of rotatable bonds is 5. The molecule has 1 heterocycles. The first kappa shape index (κ1) is 12.6. The molecule has 1 aromatic carbocycles. The highest BCUT2D eigenvalue weighted by molar-refractivity contribution is 5.21. The van der Waals surface area contributed by atoms with Gasteiger partial charge in [0.15, 0.2) is 0 Å². The molecular formula is C14H22N2O. The van der Waals surface area contributed by atoms with Crippen LogP contribution in [0.4, 0.5) is 0 Å². The van der Waals surface area contributed by atoms with Gasteiger partial charge in [-0.1, -0.05) is 24.3 Å².